The number of nitrogens with one attached hydrogen (secondary N) is 2. The van der Waals surface area contributed by atoms with Gasteiger partial charge in [0.2, 0.25) is 5.82 Å². The van der Waals surface area contributed by atoms with Crippen LogP contribution in [0.4, 0.5) is 0 Å². The predicted octanol–water partition coefficient (Wildman–Crippen LogP) is 2.48. The molecule has 0 spiro atoms. The van der Waals surface area contributed by atoms with Gasteiger partial charge >= 0.3 is 0 Å². The molecule has 30 heavy (non-hydrogen) atoms. The van der Waals surface area contributed by atoms with E-state index in [1.807, 2.05) is 37.3 Å². The molecule has 1 aliphatic heterocycles. The molecular weight excluding hydrogens is 382 g/mol. The molecule has 0 unspecified atom stereocenters. The summed E-state index contributed by atoms with van der Waals surface area (Å²) < 4.78 is 7.64. The Labute approximate surface area is 173 Å². The summed E-state index contributed by atoms with van der Waals surface area (Å²) in [6, 6.07) is 3.15. The van der Waals surface area contributed by atoms with Crippen molar-refractivity contribution in [2.24, 2.45) is 0 Å². The van der Waals surface area contributed by atoms with E-state index in [9.17, 15) is 4.79 Å². The molecule has 0 fully saturated rings. The van der Waals surface area contributed by atoms with Crippen LogP contribution < -0.4 is 10.1 Å². The third kappa shape index (κ3) is 4.04. The summed E-state index contributed by atoms with van der Waals surface area (Å²) in [4.78, 5) is 24.4. The van der Waals surface area contributed by atoms with Crippen LogP contribution in [0.15, 0.2) is 67.2 Å². The zero-order valence-corrected chi connectivity index (χ0v) is 16.4. The summed E-state index contributed by atoms with van der Waals surface area (Å²) in [6.45, 7) is 6.13. The van der Waals surface area contributed by atoms with Crippen LogP contribution in [-0.2, 0) is 6.42 Å². The number of imidazole rings is 1. The van der Waals surface area contributed by atoms with Gasteiger partial charge in [0, 0.05) is 25.0 Å². The van der Waals surface area contributed by atoms with Gasteiger partial charge in [0.1, 0.15) is 24.3 Å². The van der Waals surface area contributed by atoms with E-state index < -0.39 is 11.9 Å². The van der Waals surface area contributed by atoms with E-state index in [0.717, 1.165) is 5.57 Å². The Morgan fingerprint density at radius 1 is 1.37 bits per heavy atom. The van der Waals surface area contributed by atoms with Gasteiger partial charge in [-0.15, -0.1) is 10.2 Å². The second-order valence-electron chi connectivity index (χ2n) is 6.66. The average Bonchev–Trinajstić information content (AvgIpc) is 3.39. The number of amides is 1. The van der Waals surface area contributed by atoms with Gasteiger partial charge in [-0.2, -0.15) is 0 Å². The maximum absolute atomic E-state index is 12.7. The summed E-state index contributed by atoms with van der Waals surface area (Å²) in [6.07, 6.45) is 13.2. The highest BCUT2D eigenvalue weighted by Gasteiger charge is 2.27. The lowest BCUT2D eigenvalue weighted by molar-refractivity contribution is 0.0909. The van der Waals surface area contributed by atoms with Gasteiger partial charge < -0.3 is 15.0 Å². The van der Waals surface area contributed by atoms with Crippen LogP contribution in [0.2, 0.25) is 0 Å². The van der Waals surface area contributed by atoms with Gasteiger partial charge in [-0.25, -0.2) is 9.97 Å². The van der Waals surface area contributed by atoms with Crippen molar-refractivity contribution in [1.82, 2.24) is 35.0 Å². The third-order valence-electron chi connectivity index (χ3n) is 4.45. The zero-order chi connectivity index (χ0) is 20.9. The number of aromatic amines is 1. The fourth-order valence-corrected chi connectivity index (χ4v) is 3.06. The second kappa shape index (κ2) is 8.56. The average molecular weight is 403 g/mol. The molecule has 9 nitrogen and oxygen atoms in total. The number of allylic oxidation sites excluding steroid dienone is 5. The van der Waals surface area contributed by atoms with E-state index in [-0.39, 0.29) is 12.4 Å². The molecule has 3 aromatic rings. The van der Waals surface area contributed by atoms with Crippen molar-refractivity contribution in [3.63, 3.8) is 0 Å². The fraction of sp³-hybridized carbons (Fsp3) is 0.190. The molecule has 3 aromatic heterocycles. The summed E-state index contributed by atoms with van der Waals surface area (Å²) in [5.74, 6) is 2.17. The predicted molar refractivity (Wildman–Crippen MR) is 110 cm³/mol. The summed E-state index contributed by atoms with van der Waals surface area (Å²) in [5, 5.41) is 10.9. The van der Waals surface area contributed by atoms with Crippen LogP contribution in [0.1, 0.15) is 35.2 Å². The molecule has 9 heteroatoms. The molecule has 2 N–H and O–H groups in total. The van der Waals surface area contributed by atoms with Crippen molar-refractivity contribution < 1.29 is 9.53 Å². The van der Waals surface area contributed by atoms with Crippen molar-refractivity contribution in [2.75, 3.05) is 6.61 Å². The Kier molecular flexibility index (Phi) is 5.51. The molecule has 0 saturated heterocycles. The lowest BCUT2D eigenvalue weighted by Crippen LogP contribution is -2.33. The van der Waals surface area contributed by atoms with Crippen molar-refractivity contribution in [1.29, 1.82) is 0 Å². The number of nitrogens with zero attached hydrogens (tertiary/aromatic N) is 5. The Hall–Kier alpha value is -4.01. The Morgan fingerprint density at radius 2 is 2.27 bits per heavy atom. The maximum Gasteiger partial charge on any atom is 0.289 e. The van der Waals surface area contributed by atoms with Gasteiger partial charge in [-0.3, -0.25) is 9.36 Å². The molecule has 1 atom stereocenters. The Balaban J connectivity index is 1.46. The van der Waals surface area contributed by atoms with Crippen LogP contribution in [0, 0.1) is 0 Å². The number of fused-ring (bicyclic) bond motifs is 3. The van der Waals surface area contributed by atoms with Crippen molar-refractivity contribution >= 4 is 5.91 Å². The van der Waals surface area contributed by atoms with Gasteiger partial charge in [-0.1, -0.05) is 30.9 Å². The molecule has 4 heterocycles. The number of pyridine rings is 1. The highest BCUT2D eigenvalue weighted by molar-refractivity contribution is 5.90. The van der Waals surface area contributed by atoms with Gasteiger partial charge in [-0.05, 0) is 24.6 Å². The first-order valence-electron chi connectivity index (χ1n) is 9.46. The number of ether oxygens (including phenoxy) is 1. The topological polar surface area (TPSA) is 111 Å². The summed E-state index contributed by atoms with van der Waals surface area (Å²) in [5.41, 5.74) is 0.848. The molecule has 0 aliphatic carbocycles. The number of H-pyrrole nitrogens is 1. The van der Waals surface area contributed by atoms with Crippen LogP contribution in [0.5, 0.6) is 5.75 Å². The van der Waals surface area contributed by atoms with E-state index in [1.54, 1.807) is 29.2 Å². The molecular formula is C21H21N7O2. The third-order valence-corrected chi connectivity index (χ3v) is 4.45. The van der Waals surface area contributed by atoms with Gasteiger partial charge in [0.25, 0.3) is 5.91 Å². The number of carbonyl (C=O) groups excluding carboxylic acids is 1. The molecule has 0 bridgehead atoms. The molecule has 1 aliphatic rings. The highest BCUT2D eigenvalue weighted by Crippen LogP contribution is 2.28. The largest absolute Gasteiger partial charge is 0.487 e. The first-order valence-corrected chi connectivity index (χ1v) is 9.46. The zero-order valence-electron chi connectivity index (χ0n) is 16.4. The summed E-state index contributed by atoms with van der Waals surface area (Å²) in [7, 11) is 0. The Bertz CT molecular complexity index is 1130. The first-order chi connectivity index (χ1) is 14.7. The van der Waals surface area contributed by atoms with Crippen LogP contribution in [0.25, 0.3) is 5.82 Å². The van der Waals surface area contributed by atoms with Crippen LogP contribution in [-0.4, -0.2) is 42.2 Å². The van der Waals surface area contributed by atoms with Crippen molar-refractivity contribution in [3.05, 3.63) is 84.7 Å². The number of hydrogen-bond acceptors (Lipinski definition) is 6. The monoisotopic (exact) mass is 403 g/mol. The van der Waals surface area contributed by atoms with Gasteiger partial charge in [0.05, 0.1) is 0 Å². The lowest BCUT2D eigenvalue weighted by Gasteiger charge is -2.15. The van der Waals surface area contributed by atoms with Crippen LogP contribution in [0.3, 0.4) is 0 Å². The molecule has 152 valence electrons. The molecule has 1 amide bonds. The van der Waals surface area contributed by atoms with Crippen molar-refractivity contribution in [3.8, 4) is 11.6 Å². The standard InChI is InChI=1S/C21H21N7O2/c1-3-4-5-7-14(2)12-17-25-18(27-26-17)21(29)24-15-13-30-16-8-6-9-22-20(16)28-11-10-23-19(15)28/h3-11,15H,2,12-13H2,1H3,(H,24,29)(H,25,26,27)/b4-3-,7-5-/t15-/m0/s1. The number of rotatable bonds is 6. The van der Waals surface area contributed by atoms with Gasteiger partial charge in [0.15, 0.2) is 11.6 Å². The maximum atomic E-state index is 12.7. The molecule has 4 rings (SSSR count). The molecule has 0 aromatic carbocycles. The number of aromatic nitrogens is 6. The number of hydrogen-bond donors (Lipinski definition) is 2. The Morgan fingerprint density at radius 3 is 3.13 bits per heavy atom. The highest BCUT2D eigenvalue weighted by atomic mass is 16.5. The second-order valence-corrected chi connectivity index (χ2v) is 6.66. The van der Waals surface area contributed by atoms with E-state index in [1.165, 1.54) is 0 Å². The normalized spacial score (nSPS) is 15.4. The quantitative estimate of drug-likeness (QED) is 0.612. The fourth-order valence-electron chi connectivity index (χ4n) is 3.06. The molecule has 0 saturated carbocycles. The van der Waals surface area contributed by atoms with E-state index in [2.05, 4.69) is 37.0 Å². The minimum absolute atomic E-state index is 0.119. The SMILES string of the molecule is C=C(/C=C\C=C/C)Cc1nnc(C(=O)N[C@H]2COc3cccnc3-n3ccnc32)[nH]1. The first kappa shape index (κ1) is 19.3. The lowest BCUT2D eigenvalue weighted by atomic mass is 10.2. The smallest absolute Gasteiger partial charge is 0.289 e. The minimum Gasteiger partial charge on any atom is -0.487 e. The molecule has 0 radical (unpaired) electrons. The van der Waals surface area contributed by atoms with E-state index >= 15 is 0 Å². The van der Waals surface area contributed by atoms with Crippen LogP contribution >= 0.6 is 0 Å². The van der Waals surface area contributed by atoms with E-state index in [0.29, 0.717) is 29.6 Å². The number of carbonyl (C=O) groups is 1. The van der Waals surface area contributed by atoms with Crippen molar-refractivity contribution in [2.45, 2.75) is 19.4 Å². The summed E-state index contributed by atoms with van der Waals surface area (Å²) >= 11 is 0. The minimum atomic E-state index is -0.478. The van der Waals surface area contributed by atoms with E-state index in [4.69, 9.17) is 4.74 Å².